The SMILES string of the molecule is CCNCC1CCN(S(=O)(=O)NCCCCCSC)CC1. The summed E-state index contributed by atoms with van der Waals surface area (Å²) in [6, 6.07) is 0. The Morgan fingerprint density at radius 3 is 2.52 bits per heavy atom. The van der Waals surface area contributed by atoms with Crippen molar-refractivity contribution in [3.05, 3.63) is 0 Å². The van der Waals surface area contributed by atoms with Crippen molar-refractivity contribution in [2.24, 2.45) is 5.92 Å². The number of piperidine rings is 1. The van der Waals surface area contributed by atoms with Crippen molar-refractivity contribution in [3.63, 3.8) is 0 Å². The Labute approximate surface area is 134 Å². The van der Waals surface area contributed by atoms with E-state index >= 15 is 0 Å². The van der Waals surface area contributed by atoms with Crippen LogP contribution in [0.3, 0.4) is 0 Å². The van der Waals surface area contributed by atoms with Crippen LogP contribution in [0.15, 0.2) is 0 Å². The molecule has 0 unspecified atom stereocenters. The second-order valence-electron chi connectivity index (χ2n) is 5.60. The molecule has 2 N–H and O–H groups in total. The van der Waals surface area contributed by atoms with Crippen LogP contribution in [0.2, 0.25) is 0 Å². The summed E-state index contributed by atoms with van der Waals surface area (Å²) >= 11 is 1.84. The van der Waals surface area contributed by atoms with Gasteiger partial charge in [0.1, 0.15) is 0 Å². The molecule has 0 spiro atoms. The highest BCUT2D eigenvalue weighted by Crippen LogP contribution is 2.18. The first-order valence-corrected chi connectivity index (χ1v) is 10.9. The lowest BCUT2D eigenvalue weighted by Crippen LogP contribution is -2.46. The van der Waals surface area contributed by atoms with E-state index < -0.39 is 10.2 Å². The topological polar surface area (TPSA) is 61.4 Å². The van der Waals surface area contributed by atoms with Gasteiger partial charge < -0.3 is 5.32 Å². The minimum Gasteiger partial charge on any atom is -0.317 e. The molecular formula is C14H31N3O2S2. The lowest BCUT2D eigenvalue weighted by atomic mass is 9.98. The van der Waals surface area contributed by atoms with Crippen LogP contribution in [-0.4, -0.2) is 57.5 Å². The molecule has 1 saturated heterocycles. The van der Waals surface area contributed by atoms with Gasteiger partial charge in [0.05, 0.1) is 0 Å². The molecule has 0 aromatic heterocycles. The third-order valence-electron chi connectivity index (χ3n) is 3.91. The monoisotopic (exact) mass is 337 g/mol. The van der Waals surface area contributed by atoms with Gasteiger partial charge in [-0.15, -0.1) is 0 Å². The summed E-state index contributed by atoms with van der Waals surface area (Å²) in [6.07, 6.45) is 7.20. The summed E-state index contributed by atoms with van der Waals surface area (Å²) in [5.74, 6) is 1.77. The zero-order valence-electron chi connectivity index (χ0n) is 13.4. The lowest BCUT2D eigenvalue weighted by Gasteiger charge is -2.31. The molecule has 1 fully saturated rings. The lowest BCUT2D eigenvalue weighted by molar-refractivity contribution is 0.266. The number of rotatable bonds is 11. The highest BCUT2D eigenvalue weighted by molar-refractivity contribution is 7.98. The summed E-state index contributed by atoms with van der Waals surface area (Å²) in [5.41, 5.74) is 0. The summed E-state index contributed by atoms with van der Waals surface area (Å²) in [7, 11) is -3.26. The van der Waals surface area contributed by atoms with Gasteiger partial charge in [-0.05, 0) is 56.7 Å². The highest BCUT2D eigenvalue weighted by atomic mass is 32.2. The summed E-state index contributed by atoms with van der Waals surface area (Å²) in [5, 5.41) is 3.34. The van der Waals surface area contributed by atoms with Gasteiger partial charge >= 0.3 is 0 Å². The Kier molecular flexibility index (Phi) is 9.92. The van der Waals surface area contributed by atoms with Crippen molar-refractivity contribution in [1.82, 2.24) is 14.3 Å². The van der Waals surface area contributed by atoms with E-state index in [0.717, 1.165) is 44.5 Å². The Balaban J connectivity index is 2.20. The van der Waals surface area contributed by atoms with E-state index in [1.165, 1.54) is 6.42 Å². The number of thioether (sulfide) groups is 1. The largest absolute Gasteiger partial charge is 0.317 e. The van der Waals surface area contributed by atoms with Crippen molar-refractivity contribution in [1.29, 1.82) is 0 Å². The van der Waals surface area contributed by atoms with Gasteiger partial charge in [-0.3, -0.25) is 0 Å². The van der Waals surface area contributed by atoms with E-state index in [4.69, 9.17) is 0 Å². The molecule has 0 saturated carbocycles. The van der Waals surface area contributed by atoms with E-state index in [-0.39, 0.29) is 0 Å². The van der Waals surface area contributed by atoms with Crippen molar-refractivity contribution >= 4 is 22.0 Å². The Morgan fingerprint density at radius 1 is 1.19 bits per heavy atom. The van der Waals surface area contributed by atoms with Crippen molar-refractivity contribution in [3.8, 4) is 0 Å². The molecular weight excluding hydrogens is 306 g/mol. The molecule has 0 atom stereocenters. The molecule has 21 heavy (non-hydrogen) atoms. The van der Waals surface area contributed by atoms with E-state index in [1.54, 1.807) is 4.31 Å². The third kappa shape index (κ3) is 7.83. The predicted octanol–water partition coefficient (Wildman–Crippen LogP) is 1.68. The van der Waals surface area contributed by atoms with Crippen LogP contribution in [0.1, 0.15) is 39.0 Å². The van der Waals surface area contributed by atoms with Crippen molar-refractivity contribution in [2.45, 2.75) is 39.0 Å². The third-order valence-corrected chi connectivity index (χ3v) is 6.22. The van der Waals surface area contributed by atoms with Crippen LogP contribution >= 0.6 is 11.8 Å². The molecule has 0 aliphatic carbocycles. The fourth-order valence-corrected chi connectivity index (χ4v) is 4.31. The molecule has 126 valence electrons. The van der Waals surface area contributed by atoms with E-state index in [0.29, 0.717) is 25.6 Å². The zero-order valence-corrected chi connectivity index (χ0v) is 15.1. The highest BCUT2D eigenvalue weighted by Gasteiger charge is 2.27. The minimum atomic E-state index is -3.26. The Morgan fingerprint density at radius 2 is 1.90 bits per heavy atom. The summed E-state index contributed by atoms with van der Waals surface area (Å²) < 4.78 is 28.7. The molecule has 1 rings (SSSR count). The first-order chi connectivity index (χ1) is 10.1. The van der Waals surface area contributed by atoms with Crippen molar-refractivity contribution in [2.75, 3.05) is 44.7 Å². The van der Waals surface area contributed by atoms with Crippen LogP contribution in [0.25, 0.3) is 0 Å². The van der Waals surface area contributed by atoms with E-state index in [9.17, 15) is 8.42 Å². The van der Waals surface area contributed by atoms with Gasteiger partial charge in [0.15, 0.2) is 0 Å². The second-order valence-corrected chi connectivity index (χ2v) is 8.34. The molecule has 0 bridgehead atoms. The minimum absolute atomic E-state index is 0.564. The van der Waals surface area contributed by atoms with Crippen LogP contribution in [-0.2, 0) is 10.2 Å². The maximum Gasteiger partial charge on any atom is 0.279 e. The van der Waals surface area contributed by atoms with Gasteiger partial charge in [-0.25, -0.2) is 4.72 Å². The van der Waals surface area contributed by atoms with Gasteiger partial charge in [0.25, 0.3) is 10.2 Å². The number of nitrogens with one attached hydrogen (secondary N) is 2. The van der Waals surface area contributed by atoms with Crippen LogP contribution in [0, 0.1) is 5.92 Å². The molecule has 1 aliphatic rings. The van der Waals surface area contributed by atoms with Crippen LogP contribution < -0.4 is 10.0 Å². The molecule has 7 heteroatoms. The Bertz CT molecular complexity index is 355. The molecule has 0 aromatic carbocycles. The number of nitrogens with zero attached hydrogens (tertiary/aromatic N) is 1. The number of hydrogen-bond donors (Lipinski definition) is 2. The van der Waals surface area contributed by atoms with Crippen LogP contribution in [0.5, 0.6) is 0 Å². The first-order valence-electron chi connectivity index (χ1n) is 8.04. The fourth-order valence-electron chi connectivity index (χ4n) is 2.54. The Hall–Kier alpha value is 0.180. The first kappa shape index (κ1) is 19.2. The van der Waals surface area contributed by atoms with Gasteiger partial charge in [-0.1, -0.05) is 13.3 Å². The molecule has 0 aromatic rings. The fraction of sp³-hybridized carbons (Fsp3) is 1.00. The predicted molar refractivity (Wildman–Crippen MR) is 92.0 cm³/mol. The molecule has 1 aliphatic heterocycles. The van der Waals surface area contributed by atoms with E-state index in [2.05, 4.69) is 23.2 Å². The van der Waals surface area contributed by atoms with Gasteiger partial charge in [0, 0.05) is 19.6 Å². The zero-order chi connectivity index (χ0) is 15.6. The standard InChI is InChI=1S/C14H31N3O2S2/c1-3-15-13-14-7-10-17(11-8-14)21(18,19)16-9-5-4-6-12-20-2/h14-16H,3-13H2,1-2H3. The average molecular weight is 338 g/mol. The molecule has 0 radical (unpaired) electrons. The van der Waals surface area contributed by atoms with Gasteiger partial charge in [-0.2, -0.15) is 24.5 Å². The number of hydrogen-bond acceptors (Lipinski definition) is 4. The average Bonchev–Trinajstić information content (AvgIpc) is 2.49. The maximum atomic E-state index is 12.2. The normalized spacial score (nSPS) is 18.2. The molecule has 1 heterocycles. The summed E-state index contributed by atoms with van der Waals surface area (Å²) in [4.78, 5) is 0. The second kappa shape index (κ2) is 10.8. The van der Waals surface area contributed by atoms with Gasteiger partial charge in [0.2, 0.25) is 0 Å². The van der Waals surface area contributed by atoms with Crippen LogP contribution in [0.4, 0.5) is 0 Å². The smallest absolute Gasteiger partial charge is 0.279 e. The quantitative estimate of drug-likeness (QED) is 0.563. The maximum absolute atomic E-state index is 12.2. The molecule has 5 nitrogen and oxygen atoms in total. The van der Waals surface area contributed by atoms with E-state index in [1.807, 2.05) is 11.8 Å². The number of unbranched alkanes of at least 4 members (excludes halogenated alkanes) is 2. The molecule has 0 amide bonds. The summed E-state index contributed by atoms with van der Waals surface area (Å²) in [6.45, 7) is 5.95. The van der Waals surface area contributed by atoms with Crippen molar-refractivity contribution < 1.29 is 8.42 Å².